The molecular formula is C12H18BrN3O2. The highest BCUT2D eigenvalue weighted by Crippen LogP contribution is 2.37. The predicted octanol–water partition coefficient (Wildman–Crippen LogP) is 1.60. The Morgan fingerprint density at radius 1 is 1.67 bits per heavy atom. The molecule has 0 aliphatic heterocycles. The molecule has 2 N–H and O–H groups in total. The zero-order chi connectivity index (χ0) is 13.1. The highest BCUT2D eigenvalue weighted by Gasteiger charge is 2.36. The Kier molecular flexibility index (Phi) is 4.40. The molecule has 0 bridgehead atoms. The molecule has 2 atom stereocenters. The standard InChI is InChI=1S/C12H18BrN3O2/c1-2-3-8-6-9(8)15-10-7-14-16(4-5-17)12(18)11(10)13/h7-9,15,17H,2-6H2,1H3. The van der Waals surface area contributed by atoms with E-state index in [0.29, 0.717) is 10.5 Å². The maximum absolute atomic E-state index is 11.9. The summed E-state index contributed by atoms with van der Waals surface area (Å²) in [5.41, 5.74) is 0.541. The summed E-state index contributed by atoms with van der Waals surface area (Å²) < 4.78 is 1.75. The third-order valence-electron chi connectivity index (χ3n) is 3.22. The van der Waals surface area contributed by atoms with Crippen molar-refractivity contribution in [2.24, 2.45) is 5.92 Å². The Morgan fingerprint density at radius 3 is 3.11 bits per heavy atom. The monoisotopic (exact) mass is 315 g/mol. The lowest BCUT2D eigenvalue weighted by molar-refractivity contribution is 0.266. The maximum atomic E-state index is 11.9. The van der Waals surface area contributed by atoms with Gasteiger partial charge < -0.3 is 10.4 Å². The van der Waals surface area contributed by atoms with E-state index in [9.17, 15) is 4.79 Å². The molecule has 1 aliphatic carbocycles. The van der Waals surface area contributed by atoms with Crippen molar-refractivity contribution in [3.8, 4) is 0 Å². The Labute approximate surface area is 114 Å². The molecule has 6 heteroatoms. The minimum Gasteiger partial charge on any atom is -0.394 e. The third-order valence-corrected chi connectivity index (χ3v) is 3.99. The molecule has 0 saturated heterocycles. The normalized spacial score (nSPS) is 21.9. The number of hydrogen-bond donors (Lipinski definition) is 2. The average molecular weight is 316 g/mol. The van der Waals surface area contributed by atoms with Gasteiger partial charge in [-0.1, -0.05) is 13.3 Å². The van der Waals surface area contributed by atoms with Gasteiger partial charge in [-0.25, -0.2) is 4.68 Å². The smallest absolute Gasteiger partial charge is 0.283 e. The molecule has 2 unspecified atom stereocenters. The highest BCUT2D eigenvalue weighted by atomic mass is 79.9. The highest BCUT2D eigenvalue weighted by molar-refractivity contribution is 9.10. The van der Waals surface area contributed by atoms with Crippen molar-refractivity contribution in [1.29, 1.82) is 0 Å². The van der Waals surface area contributed by atoms with Crippen LogP contribution in [0.4, 0.5) is 5.69 Å². The maximum Gasteiger partial charge on any atom is 0.283 e. The fourth-order valence-electron chi connectivity index (χ4n) is 2.13. The van der Waals surface area contributed by atoms with Gasteiger partial charge >= 0.3 is 0 Å². The lowest BCUT2D eigenvalue weighted by Crippen LogP contribution is -2.26. The van der Waals surface area contributed by atoms with Gasteiger partial charge in [-0.05, 0) is 34.7 Å². The van der Waals surface area contributed by atoms with Crippen LogP contribution in [0.5, 0.6) is 0 Å². The Bertz CT molecular complexity index is 475. The van der Waals surface area contributed by atoms with Crippen molar-refractivity contribution in [3.05, 3.63) is 21.0 Å². The van der Waals surface area contributed by atoms with Gasteiger partial charge in [0.05, 0.1) is 25.0 Å². The Morgan fingerprint density at radius 2 is 2.44 bits per heavy atom. The second-order valence-electron chi connectivity index (χ2n) is 4.66. The molecule has 5 nitrogen and oxygen atoms in total. The van der Waals surface area contributed by atoms with E-state index in [1.165, 1.54) is 23.9 Å². The van der Waals surface area contributed by atoms with Crippen LogP contribution in [-0.4, -0.2) is 27.5 Å². The molecule has 2 rings (SSSR count). The Balaban J connectivity index is 2.06. The molecule has 0 spiro atoms. The molecule has 0 amide bonds. The van der Waals surface area contributed by atoms with Gasteiger partial charge in [-0.2, -0.15) is 5.10 Å². The zero-order valence-electron chi connectivity index (χ0n) is 10.4. The van der Waals surface area contributed by atoms with Crippen LogP contribution >= 0.6 is 15.9 Å². The first-order valence-electron chi connectivity index (χ1n) is 6.30. The minimum atomic E-state index is -0.207. The molecule has 1 fully saturated rings. The van der Waals surface area contributed by atoms with Gasteiger partial charge in [0, 0.05) is 6.04 Å². The first-order chi connectivity index (χ1) is 8.67. The van der Waals surface area contributed by atoms with Gasteiger partial charge in [0.2, 0.25) is 0 Å². The lowest BCUT2D eigenvalue weighted by Gasteiger charge is -2.09. The van der Waals surface area contributed by atoms with Crippen molar-refractivity contribution >= 4 is 21.6 Å². The summed E-state index contributed by atoms with van der Waals surface area (Å²) in [6, 6.07) is 0.469. The van der Waals surface area contributed by atoms with E-state index >= 15 is 0 Å². The number of aliphatic hydroxyl groups is 1. The van der Waals surface area contributed by atoms with Gasteiger partial charge in [-0.15, -0.1) is 0 Å². The molecule has 18 heavy (non-hydrogen) atoms. The van der Waals surface area contributed by atoms with E-state index in [0.717, 1.165) is 11.6 Å². The van der Waals surface area contributed by atoms with Crippen LogP contribution in [0, 0.1) is 5.92 Å². The molecule has 0 radical (unpaired) electrons. The molecule has 1 aliphatic rings. The summed E-state index contributed by atoms with van der Waals surface area (Å²) in [4.78, 5) is 11.9. The van der Waals surface area contributed by atoms with Crippen LogP contribution in [0.3, 0.4) is 0 Å². The number of aliphatic hydroxyl groups excluding tert-OH is 1. The first kappa shape index (κ1) is 13.5. The largest absolute Gasteiger partial charge is 0.394 e. The SMILES string of the molecule is CCCC1CC1Nc1cnn(CCO)c(=O)c1Br. The van der Waals surface area contributed by atoms with Crippen LogP contribution in [-0.2, 0) is 6.54 Å². The van der Waals surface area contributed by atoms with Crippen LogP contribution in [0.2, 0.25) is 0 Å². The number of nitrogens with one attached hydrogen (secondary N) is 1. The Hall–Kier alpha value is -0.880. The van der Waals surface area contributed by atoms with E-state index in [4.69, 9.17) is 5.11 Å². The molecule has 100 valence electrons. The van der Waals surface area contributed by atoms with Crippen molar-refractivity contribution in [2.75, 3.05) is 11.9 Å². The molecule has 1 saturated carbocycles. The average Bonchev–Trinajstić information content (AvgIpc) is 3.08. The van der Waals surface area contributed by atoms with E-state index in [1.54, 1.807) is 6.20 Å². The van der Waals surface area contributed by atoms with Crippen LogP contribution in [0.1, 0.15) is 26.2 Å². The third kappa shape index (κ3) is 2.92. The summed E-state index contributed by atoms with van der Waals surface area (Å²) in [7, 11) is 0. The van der Waals surface area contributed by atoms with Gasteiger partial charge in [0.15, 0.2) is 0 Å². The van der Waals surface area contributed by atoms with Crippen LogP contribution < -0.4 is 10.9 Å². The number of rotatable bonds is 6. The predicted molar refractivity (Wildman–Crippen MR) is 73.7 cm³/mol. The number of anilines is 1. The summed E-state index contributed by atoms with van der Waals surface area (Å²) in [6.07, 6.45) is 5.23. The zero-order valence-corrected chi connectivity index (χ0v) is 12.0. The summed E-state index contributed by atoms with van der Waals surface area (Å²) in [6.45, 7) is 2.32. The van der Waals surface area contributed by atoms with Crippen LogP contribution in [0.15, 0.2) is 15.5 Å². The van der Waals surface area contributed by atoms with E-state index in [1.807, 2.05) is 0 Å². The van der Waals surface area contributed by atoms with Crippen molar-refractivity contribution < 1.29 is 5.11 Å². The second-order valence-corrected chi connectivity index (χ2v) is 5.45. The number of halogens is 1. The molecule has 1 heterocycles. The quantitative estimate of drug-likeness (QED) is 0.836. The molecule has 1 aromatic rings. The van der Waals surface area contributed by atoms with Gasteiger partial charge in [0.1, 0.15) is 4.47 Å². The van der Waals surface area contributed by atoms with Crippen molar-refractivity contribution in [3.63, 3.8) is 0 Å². The van der Waals surface area contributed by atoms with Crippen molar-refractivity contribution in [1.82, 2.24) is 9.78 Å². The molecule has 1 aromatic heterocycles. The van der Waals surface area contributed by atoms with E-state index < -0.39 is 0 Å². The lowest BCUT2D eigenvalue weighted by atomic mass is 10.2. The summed E-state index contributed by atoms with van der Waals surface area (Å²) in [5.74, 6) is 0.724. The topological polar surface area (TPSA) is 67.2 Å². The molecular weight excluding hydrogens is 298 g/mol. The van der Waals surface area contributed by atoms with Crippen LogP contribution in [0.25, 0.3) is 0 Å². The minimum absolute atomic E-state index is 0.0900. The summed E-state index contributed by atoms with van der Waals surface area (Å²) >= 11 is 3.30. The summed E-state index contributed by atoms with van der Waals surface area (Å²) in [5, 5.41) is 16.2. The van der Waals surface area contributed by atoms with E-state index in [-0.39, 0.29) is 18.7 Å². The number of hydrogen-bond acceptors (Lipinski definition) is 4. The second kappa shape index (κ2) is 5.84. The van der Waals surface area contributed by atoms with Crippen molar-refractivity contribution in [2.45, 2.75) is 38.8 Å². The fraction of sp³-hybridized carbons (Fsp3) is 0.667. The number of nitrogens with zero attached hydrogens (tertiary/aromatic N) is 2. The first-order valence-corrected chi connectivity index (χ1v) is 7.09. The fourth-order valence-corrected chi connectivity index (χ4v) is 2.56. The van der Waals surface area contributed by atoms with E-state index in [2.05, 4.69) is 33.3 Å². The van der Waals surface area contributed by atoms with Gasteiger partial charge in [0.25, 0.3) is 5.56 Å². The number of aromatic nitrogens is 2. The molecule has 0 aromatic carbocycles. The van der Waals surface area contributed by atoms with Gasteiger partial charge in [-0.3, -0.25) is 4.79 Å².